The largest absolute Gasteiger partial charge is 0.491 e. The number of rotatable bonds is 11. The van der Waals surface area contributed by atoms with E-state index in [4.69, 9.17) is 9.47 Å². The number of methoxy groups -OCH3 is 1. The second-order valence-corrected chi connectivity index (χ2v) is 9.66. The van der Waals surface area contributed by atoms with E-state index in [-0.39, 0.29) is 30.9 Å². The molecule has 8 heteroatoms. The molecule has 1 aliphatic heterocycles. The predicted octanol–water partition coefficient (Wildman–Crippen LogP) is 3.11. The number of fused-ring (bicyclic) bond motifs is 1. The van der Waals surface area contributed by atoms with Gasteiger partial charge < -0.3 is 19.5 Å². The van der Waals surface area contributed by atoms with Crippen LogP contribution in [0, 0.1) is 11.7 Å². The smallest absolute Gasteiger partial charge is 0.237 e. The maximum atomic E-state index is 13.4. The summed E-state index contributed by atoms with van der Waals surface area (Å²) in [6.07, 6.45) is 2.58. The molecular formula is C24H31FN2O4S. The summed E-state index contributed by atoms with van der Waals surface area (Å²) >= 11 is 1.71. The highest BCUT2D eigenvalue weighted by atomic mass is 32.1. The molecule has 1 saturated carbocycles. The lowest BCUT2D eigenvalue weighted by molar-refractivity contribution is -0.136. The number of aliphatic hydroxyl groups is 1. The van der Waals surface area contributed by atoms with Gasteiger partial charge in [0.2, 0.25) is 5.91 Å². The van der Waals surface area contributed by atoms with Crippen molar-refractivity contribution in [1.82, 2.24) is 9.80 Å². The van der Waals surface area contributed by atoms with E-state index >= 15 is 0 Å². The molecule has 2 heterocycles. The van der Waals surface area contributed by atoms with Crippen LogP contribution in [0.2, 0.25) is 0 Å². The fraction of sp³-hybridized carbons (Fsp3) is 0.542. The van der Waals surface area contributed by atoms with Gasteiger partial charge in [0.05, 0.1) is 25.3 Å². The van der Waals surface area contributed by atoms with Gasteiger partial charge >= 0.3 is 0 Å². The summed E-state index contributed by atoms with van der Waals surface area (Å²) in [6, 6.07) is 7.84. The summed E-state index contributed by atoms with van der Waals surface area (Å²) in [5.74, 6) is 0.928. The predicted molar refractivity (Wildman–Crippen MR) is 121 cm³/mol. The Balaban J connectivity index is 1.44. The molecule has 0 bridgehead atoms. The third kappa shape index (κ3) is 6.07. The zero-order valence-corrected chi connectivity index (χ0v) is 19.2. The van der Waals surface area contributed by atoms with Crippen LogP contribution in [0.4, 0.5) is 4.39 Å². The summed E-state index contributed by atoms with van der Waals surface area (Å²) in [5, 5.41) is 12.3. The minimum absolute atomic E-state index is 0.0415. The Hall–Kier alpha value is -2.00. The lowest BCUT2D eigenvalue weighted by Crippen LogP contribution is -2.48. The van der Waals surface area contributed by atoms with Gasteiger partial charge in [-0.05, 0) is 66.5 Å². The van der Waals surface area contributed by atoms with E-state index < -0.39 is 6.10 Å². The van der Waals surface area contributed by atoms with Gasteiger partial charge in [0.1, 0.15) is 18.2 Å². The van der Waals surface area contributed by atoms with E-state index in [0.29, 0.717) is 31.4 Å². The first-order valence-electron chi connectivity index (χ1n) is 11.2. The Bertz CT molecular complexity index is 886. The number of benzene rings is 1. The van der Waals surface area contributed by atoms with Gasteiger partial charge in [0.15, 0.2) is 0 Å². The van der Waals surface area contributed by atoms with Crippen molar-refractivity contribution in [2.24, 2.45) is 5.92 Å². The van der Waals surface area contributed by atoms with Crippen LogP contribution in [-0.2, 0) is 16.0 Å². The van der Waals surface area contributed by atoms with Crippen LogP contribution >= 0.6 is 11.3 Å². The molecule has 1 aromatic heterocycles. The fourth-order valence-electron chi connectivity index (χ4n) is 4.28. The van der Waals surface area contributed by atoms with Crippen molar-refractivity contribution in [3.63, 3.8) is 0 Å². The van der Waals surface area contributed by atoms with Crippen molar-refractivity contribution < 1.29 is 23.8 Å². The topological polar surface area (TPSA) is 62.2 Å². The minimum Gasteiger partial charge on any atom is -0.491 e. The first-order valence-corrected chi connectivity index (χ1v) is 12.0. The Labute approximate surface area is 192 Å². The number of nitrogens with zero attached hydrogens (tertiary/aromatic N) is 2. The summed E-state index contributed by atoms with van der Waals surface area (Å²) in [4.78, 5) is 18.7. The number of hydrogen-bond donors (Lipinski definition) is 1. The molecule has 1 aromatic carbocycles. The van der Waals surface area contributed by atoms with Crippen LogP contribution in [0.3, 0.4) is 0 Å². The van der Waals surface area contributed by atoms with Gasteiger partial charge in [-0.15, -0.1) is 11.3 Å². The molecule has 174 valence electrons. The number of ether oxygens (including phenoxy) is 2. The number of aliphatic hydroxyl groups excluding tert-OH is 1. The van der Waals surface area contributed by atoms with Crippen molar-refractivity contribution in [2.75, 3.05) is 46.5 Å². The highest BCUT2D eigenvalue weighted by Crippen LogP contribution is 2.34. The molecule has 2 aromatic rings. The summed E-state index contributed by atoms with van der Waals surface area (Å²) in [6.45, 7) is 2.72. The molecule has 0 saturated heterocycles. The van der Waals surface area contributed by atoms with Crippen LogP contribution in [0.25, 0.3) is 0 Å². The molecule has 2 atom stereocenters. The van der Waals surface area contributed by atoms with Crippen molar-refractivity contribution in [2.45, 2.75) is 31.4 Å². The van der Waals surface area contributed by atoms with Gasteiger partial charge in [-0.3, -0.25) is 9.69 Å². The van der Waals surface area contributed by atoms with E-state index in [1.165, 1.54) is 29.9 Å². The van der Waals surface area contributed by atoms with E-state index in [1.807, 2.05) is 4.90 Å². The van der Waals surface area contributed by atoms with Crippen LogP contribution < -0.4 is 4.74 Å². The molecule has 4 rings (SSSR count). The van der Waals surface area contributed by atoms with Gasteiger partial charge in [-0.2, -0.15) is 0 Å². The number of halogens is 1. The zero-order chi connectivity index (χ0) is 22.5. The third-order valence-electron chi connectivity index (χ3n) is 6.04. The maximum absolute atomic E-state index is 13.4. The molecule has 2 aliphatic rings. The van der Waals surface area contributed by atoms with E-state index in [1.54, 1.807) is 30.6 Å². The lowest BCUT2D eigenvalue weighted by Gasteiger charge is -2.37. The average molecular weight is 463 g/mol. The molecule has 0 spiro atoms. The van der Waals surface area contributed by atoms with Crippen LogP contribution in [0.15, 0.2) is 35.7 Å². The number of carbonyl (C=O) groups is 1. The summed E-state index contributed by atoms with van der Waals surface area (Å²) < 4.78 is 24.2. The molecule has 1 N–H and O–H groups in total. The molecule has 1 amide bonds. The average Bonchev–Trinajstić information content (AvgIpc) is 3.45. The van der Waals surface area contributed by atoms with Gasteiger partial charge in [-0.1, -0.05) is 0 Å². The van der Waals surface area contributed by atoms with Crippen LogP contribution in [0.5, 0.6) is 5.75 Å². The number of amides is 1. The van der Waals surface area contributed by atoms with E-state index in [9.17, 15) is 14.3 Å². The molecule has 6 nitrogen and oxygen atoms in total. The molecule has 2 unspecified atom stereocenters. The fourth-order valence-corrected chi connectivity index (χ4v) is 5.20. The summed E-state index contributed by atoms with van der Waals surface area (Å²) in [7, 11) is 1.57. The Morgan fingerprint density at radius 3 is 2.81 bits per heavy atom. The van der Waals surface area contributed by atoms with Crippen molar-refractivity contribution in [1.29, 1.82) is 0 Å². The molecule has 0 radical (unpaired) electrons. The lowest BCUT2D eigenvalue weighted by atomic mass is 10.0. The second kappa shape index (κ2) is 10.7. The van der Waals surface area contributed by atoms with Crippen molar-refractivity contribution >= 4 is 17.2 Å². The normalized spacial score (nSPS) is 19.1. The second-order valence-electron chi connectivity index (χ2n) is 8.66. The van der Waals surface area contributed by atoms with Crippen molar-refractivity contribution in [3.8, 4) is 5.75 Å². The number of hydrogen-bond acceptors (Lipinski definition) is 6. The highest BCUT2D eigenvalue weighted by Gasteiger charge is 2.34. The standard InChI is InChI=1S/C24H31FN2O4S/c1-30-15-19(28)13-26(12-17-2-3-17)14-24(29)27-10-8-23-21(9-11-32-23)22(27)16-31-20-6-4-18(25)5-7-20/h4-7,9,11,17,19,22,28H,2-3,8,10,12-16H2,1H3. The first kappa shape index (κ1) is 23.2. The molecular weight excluding hydrogens is 431 g/mol. The molecule has 32 heavy (non-hydrogen) atoms. The van der Waals surface area contributed by atoms with Gasteiger partial charge in [0, 0.05) is 31.6 Å². The third-order valence-corrected chi connectivity index (χ3v) is 7.03. The van der Waals surface area contributed by atoms with Gasteiger partial charge in [0.25, 0.3) is 0 Å². The minimum atomic E-state index is -0.617. The van der Waals surface area contributed by atoms with E-state index in [2.05, 4.69) is 16.3 Å². The van der Waals surface area contributed by atoms with E-state index in [0.717, 1.165) is 18.5 Å². The number of thiophene rings is 1. The zero-order valence-electron chi connectivity index (χ0n) is 18.4. The van der Waals surface area contributed by atoms with Gasteiger partial charge in [-0.25, -0.2) is 4.39 Å². The highest BCUT2D eigenvalue weighted by molar-refractivity contribution is 7.10. The Morgan fingerprint density at radius 1 is 1.31 bits per heavy atom. The van der Waals surface area contributed by atoms with Crippen LogP contribution in [-0.4, -0.2) is 73.4 Å². The van der Waals surface area contributed by atoms with Crippen molar-refractivity contribution in [3.05, 3.63) is 52.0 Å². The summed E-state index contributed by atoms with van der Waals surface area (Å²) in [5.41, 5.74) is 1.13. The molecule has 1 aliphatic carbocycles. The SMILES string of the molecule is COCC(O)CN(CC(=O)N1CCc2sccc2C1COc1ccc(F)cc1)CC1CC1. The number of carbonyl (C=O) groups excluding carboxylic acids is 1. The van der Waals surface area contributed by atoms with Crippen LogP contribution in [0.1, 0.15) is 29.3 Å². The Kier molecular flexibility index (Phi) is 7.78. The molecule has 1 fully saturated rings. The first-order chi connectivity index (χ1) is 15.5. The maximum Gasteiger partial charge on any atom is 0.237 e. The quantitative estimate of drug-likeness (QED) is 0.556. The Morgan fingerprint density at radius 2 is 2.09 bits per heavy atom. The monoisotopic (exact) mass is 462 g/mol.